The lowest BCUT2D eigenvalue weighted by Gasteiger charge is -2.39. The molecule has 5 aromatic carbocycles. The van der Waals surface area contributed by atoms with Crippen molar-refractivity contribution in [2.24, 2.45) is 11.8 Å². The van der Waals surface area contributed by atoms with E-state index in [1.54, 1.807) is 45.4 Å². The van der Waals surface area contributed by atoms with Crippen LogP contribution in [0.4, 0.5) is 5.69 Å². The van der Waals surface area contributed by atoms with Crippen molar-refractivity contribution >= 4 is 40.4 Å². The summed E-state index contributed by atoms with van der Waals surface area (Å²) >= 11 is 0. The highest BCUT2D eigenvalue weighted by molar-refractivity contribution is 6.39. The number of carbonyl (C=O) groups is 4. The molecular formula is C44H35NO7. The molecule has 5 aromatic rings. The van der Waals surface area contributed by atoms with Crippen molar-refractivity contribution in [2.75, 3.05) is 25.7 Å². The summed E-state index contributed by atoms with van der Waals surface area (Å²) in [6.45, 7) is 1.94. The van der Waals surface area contributed by atoms with Crippen LogP contribution in [0.2, 0.25) is 0 Å². The number of amides is 2. The van der Waals surface area contributed by atoms with E-state index in [9.17, 15) is 4.79 Å². The third-order valence-electron chi connectivity index (χ3n) is 10.8. The number of allylic oxidation sites excluding steroid dienone is 2. The highest BCUT2D eigenvalue weighted by Gasteiger charge is 2.82. The topological polar surface area (TPSA) is 99.2 Å². The van der Waals surface area contributed by atoms with Crippen LogP contribution in [-0.4, -0.2) is 44.4 Å². The van der Waals surface area contributed by atoms with Gasteiger partial charge in [0.05, 0.1) is 54.7 Å². The Balaban J connectivity index is 1.47. The van der Waals surface area contributed by atoms with Crippen LogP contribution in [0, 0.1) is 11.8 Å². The van der Waals surface area contributed by atoms with E-state index in [1.807, 2.05) is 109 Å². The number of fused-ring (bicyclic) bond motifs is 5. The van der Waals surface area contributed by atoms with E-state index in [4.69, 9.17) is 14.2 Å². The Morgan fingerprint density at radius 3 is 1.40 bits per heavy atom. The molecule has 1 heterocycles. The van der Waals surface area contributed by atoms with Crippen molar-refractivity contribution in [1.29, 1.82) is 0 Å². The van der Waals surface area contributed by atoms with Crippen LogP contribution >= 0.6 is 0 Å². The van der Waals surface area contributed by atoms with Crippen LogP contribution in [0.3, 0.4) is 0 Å². The number of rotatable bonds is 9. The molecule has 1 saturated heterocycles. The molecule has 8 nitrogen and oxygen atoms in total. The first-order valence-corrected chi connectivity index (χ1v) is 17.2. The van der Waals surface area contributed by atoms with Gasteiger partial charge in [-0.15, -0.1) is 0 Å². The molecule has 0 unspecified atom stereocenters. The summed E-state index contributed by atoms with van der Waals surface area (Å²) < 4.78 is 16.2. The zero-order valence-corrected chi connectivity index (χ0v) is 28.9. The van der Waals surface area contributed by atoms with Crippen molar-refractivity contribution in [2.45, 2.75) is 17.8 Å². The fourth-order valence-electron chi connectivity index (χ4n) is 8.86. The van der Waals surface area contributed by atoms with Crippen LogP contribution in [0.15, 0.2) is 133 Å². The van der Waals surface area contributed by atoms with Crippen molar-refractivity contribution in [3.8, 4) is 11.5 Å². The Morgan fingerprint density at radius 1 is 0.596 bits per heavy atom. The molecule has 2 aliphatic carbocycles. The minimum absolute atomic E-state index is 0.213. The van der Waals surface area contributed by atoms with Gasteiger partial charge in [-0.25, -0.2) is 9.69 Å². The first-order valence-electron chi connectivity index (χ1n) is 17.2. The van der Waals surface area contributed by atoms with Gasteiger partial charge in [-0.05, 0) is 88.9 Å². The van der Waals surface area contributed by atoms with Crippen molar-refractivity contribution in [3.05, 3.63) is 161 Å². The summed E-state index contributed by atoms with van der Waals surface area (Å²) in [5.74, 6) is -2.57. The van der Waals surface area contributed by atoms with Gasteiger partial charge in [0, 0.05) is 0 Å². The number of ether oxygens (including phenoxy) is 3. The summed E-state index contributed by atoms with van der Waals surface area (Å²) in [6, 6.07) is 40.0. The molecule has 8 rings (SSSR count). The van der Waals surface area contributed by atoms with E-state index in [0.717, 1.165) is 11.1 Å². The molecule has 0 spiro atoms. The van der Waals surface area contributed by atoms with Gasteiger partial charge in [-0.2, -0.15) is 0 Å². The van der Waals surface area contributed by atoms with Gasteiger partial charge < -0.3 is 14.2 Å². The second-order valence-corrected chi connectivity index (χ2v) is 13.1. The summed E-state index contributed by atoms with van der Waals surface area (Å²) in [5, 5.41) is 0. The number of hydrogen-bond donors (Lipinski definition) is 0. The first kappa shape index (κ1) is 32.9. The first-order chi connectivity index (χ1) is 25.3. The second kappa shape index (κ2) is 12.5. The largest absolute Gasteiger partial charge is 0.497 e. The predicted molar refractivity (Wildman–Crippen MR) is 196 cm³/mol. The van der Waals surface area contributed by atoms with E-state index >= 15 is 14.4 Å². The molecule has 0 N–H and O–H groups in total. The van der Waals surface area contributed by atoms with E-state index in [1.165, 1.54) is 4.90 Å². The quantitative estimate of drug-likeness (QED) is 0.121. The van der Waals surface area contributed by atoms with Crippen LogP contribution in [-0.2, 0) is 30.0 Å². The third-order valence-corrected chi connectivity index (χ3v) is 10.8. The molecule has 1 saturated carbocycles. The number of anilines is 1. The molecule has 52 heavy (non-hydrogen) atoms. The molecule has 4 atom stereocenters. The third kappa shape index (κ3) is 4.40. The molecule has 3 aliphatic rings. The lowest BCUT2D eigenvalue weighted by Crippen LogP contribution is -2.45. The van der Waals surface area contributed by atoms with Crippen molar-refractivity contribution < 1.29 is 33.4 Å². The lowest BCUT2D eigenvalue weighted by atomic mass is 9.59. The zero-order chi connectivity index (χ0) is 36.2. The number of benzene rings is 5. The van der Waals surface area contributed by atoms with Gasteiger partial charge in [0.25, 0.3) is 0 Å². The van der Waals surface area contributed by atoms with E-state index in [-0.39, 0.29) is 12.4 Å². The molecule has 0 radical (unpaired) electrons. The van der Waals surface area contributed by atoms with E-state index in [0.29, 0.717) is 45.0 Å². The Bertz CT molecular complexity index is 2120. The molecule has 2 fully saturated rings. The number of imide groups is 1. The number of carbonyl (C=O) groups excluding carboxylic acids is 4. The van der Waals surface area contributed by atoms with Crippen LogP contribution in [0.25, 0.3) is 11.1 Å². The number of esters is 1. The normalized spacial score (nSPS) is 23.2. The fraction of sp³-hybridized carbons (Fsp3) is 0.182. The predicted octanol–water partition coefficient (Wildman–Crippen LogP) is 7.07. The number of Topliss-reactive ketones (excluding diaryl/α,β-unsaturated/α-hetero) is 1. The smallest absolute Gasteiger partial charge is 0.338 e. The molecule has 258 valence electrons. The van der Waals surface area contributed by atoms with Gasteiger partial charge >= 0.3 is 5.97 Å². The summed E-state index contributed by atoms with van der Waals surface area (Å²) in [7, 11) is 3.18. The Kier molecular flexibility index (Phi) is 7.90. The average molecular weight is 690 g/mol. The van der Waals surface area contributed by atoms with Gasteiger partial charge in [0.2, 0.25) is 11.8 Å². The lowest BCUT2D eigenvalue weighted by molar-refractivity contribution is -0.130. The average Bonchev–Trinajstić information content (AvgIpc) is 3.70. The molecule has 2 bridgehead atoms. The number of methoxy groups -OCH3 is 2. The minimum Gasteiger partial charge on any atom is -0.497 e. The maximum atomic E-state index is 16.1. The molecular weight excluding hydrogens is 654 g/mol. The second-order valence-electron chi connectivity index (χ2n) is 13.1. The van der Waals surface area contributed by atoms with E-state index < -0.39 is 40.4 Å². The van der Waals surface area contributed by atoms with Crippen LogP contribution in [0.1, 0.15) is 39.5 Å². The Hall–Kier alpha value is -6.28. The molecule has 8 heteroatoms. The summed E-state index contributed by atoms with van der Waals surface area (Å²) in [6.07, 6.45) is 0. The SMILES string of the molecule is CCOC(=O)c1ccc(N2C(=O)[C@@H]3[C@H](C2=O)[C@@]2(c4ccccc4)C(=O)[C@@]3(c3ccccc3)C(c3ccc(OC)cc3)=C2c2ccc(OC)cc2)cc1. The molecule has 1 aliphatic heterocycles. The van der Waals surface area contributed by atoms with Gasteiger partial charge in [-0.3, -0.25) is 14.4 Å². The van der Waals surface area contributed by atoms with Gasteiger partial charge in [0.1, 0.15) is 11.5 Å². The maximum Gasteiger partial charge on any atom is 0.338 e. The number of nitrogens with zero attached hydrogens (tertiary/aromatic N) is 1. The van der Waals surface area contributed by atoms with Crippen molar-refractivity contribution in [3.63, 3.8) is 0 Å². The van der Waals surface area contributed by atoms with Crippen molar-refractivity contribution in [1.82, 2.24) is 0 Å². The summed E-state index contributed by atoms with van der Waals surface area (Å²) in [5.41, 5.74) is 1.56. The van der Waals surface area contributed by atoms with E-state index in [2.05, 4.69) is 0 Å². The number of ketones is 1. The Morgan fingerprint density at radius 2 is 1.02 bits per heavy atom. The zero-order valence-electron chi connectivity index (χ0n) is 28.9. The Labute approximate surface area is 301 Å². The number of hydrogen-bond acceptors (Lipinski definition) is 7. The van der Waals surface area contributed by atoms with Crippen LogP contribution in [0.5, 0.6) is 11.5 Å². The highest BCUT2D eigenvalue weighted by atomic mass is 16.5. The minimum atomic E-state index is -1.56. The molecule has 0 aromatic heterocycles. The van der Waals surface area contributed by atoms with Gasteiger partial charge in [-0.1, -0.05) is 84.9 Å². The fourth-order valence-corrected chi connectivity index (χ4v) is 8.86. The summed E-state index contributed by atoms with van der Waals surface area (Å²) in [4.78, 5) is 60.2. The monoisotopic (exact) mass is 689 g/mol. The van der Waals surface area contributed by atoms with Gasteiger partial charge in [0.15, 0.2) is 5.78 Å². The maximum absolute atomic E-state index is 16.1. The van der Waals surface area contributed by atoms with Crippen LogP contribution < -0.4 is 14.4 Å². The standard InChI is InChI=1S/C44H35NO7/c1-4-52-41(48)29-15-21-32(22-16-29)45-39(46)37-38(40(45)47)44(31-13-9-6-10-14-31)36(28-19-25-34(51-3)26-20-28)35(27-17-23-33(50-2)24-18-27)43(37,42(44)49)30-11-7-5-8-12-30/h5-26,37-38H,4H2,1-3H3/t37-,38+,43-,44-/m0/s1. The molecule has 2 amide bonds. The highest BCUT2D eigenvalue weighted by Crippen LogP contribution is 2.74.